The summed E-state index contributed by atoms with van der Waals surface area (Å²) in [7, 11) is 0. The van der Waals surface area contributed by atoms with Gasteiger partial charge in [-0.1, -0.05) is 6.07 Å². The number of rotatable bonds is 4. The van der Waals surface area contributed by atoms with Gasteiger partial charge in [-0.15, -0.1) is 0 Å². The molecule has 0 radical (unpaired) electrons. The third-order valence-corrected chi connectivity index (χ3v) is 4.32. The molecule has 1 atom stereocenters. The van der Waals surface area contributed by atoms with Crippen molar-refractivity contribution in [3.63, 3.8) is 0 Å². The maximum Gasteiger partial charge on any atom is 0.159 e. The van der Waals surface area contributed by atoms with Crippen molar-refractivity contribution in [1.82, 2.24) is 14.9 Å². The first kappa shape index (κ1) is 16.1. The minimum Gasteiger partial charge on any atom is -0.371 e. The van der Waals surface area contributed by atoms with Crippen LogP contribution in [-0.4, -0.2) is 22.7 Å². The molecule has 1 aromatic heterocycles. The van der Waals surface area contributed by atoms with E-state index in [9.17, 15) is 13.2 Å². The van der Waals surface area contributed by atoms with Crippen LogP contribution in [0.4, 0.5) is 13.2 Å². The van der Waals surface area contributed by atoms with Gasteiger partial charge in [-0.05, 0) is 29.8 Å². The molecule has 2 aromatic carbocycles. The number of aromatic nitrogens is 2. The van der Waals surface area contributed by atoms with Crippen molar-refractivity contribution in [2.75, 3.05) is 13.2 Å². The summed E-state index contributed by atoms with van der Waals surface area (Å²) in [6.45, 7) is 1.86. The lowest BCUT2D eigenvalue weighted by molar-refractivity contribution is 0.0564. The molecule has 0 aliphatic carbocycles. The van der Waals surface area contributed by atoms with Gasteiger partial charge in [0, 0.05) is 19.2 Å². The maximum atomic E-state index is 13.4. The van der Waals surface area contributed by atoms with Crippen LogP contribution in [0.25, 0.3) is 11.0 Å². The smallest absolute Gasteiger partial charge is 0.159 e. The van der Waals surface area contributed by atoms with Crippen LogP contribution in [0.15, 0.2) is 36.4 Å². The topological polar surface area (TPSA) is 39.1 Å². The Bertz CT molecular complexity index is 925. The average molecular weight is 347 g/mol. The lowest BCUT2D eigenvalue weighted by atomic mass is 10.2. The summed E-state index contributed by atoms with van der Waals surface area (Å²) in [5, 5.41) is 3.23. The highest BCUT2D eigenvalue weighted by Crippen LogP contribution is 2.26. The number of imidazole rings is 1. The van der Waals surface area contributed by atoms with E-state index in [1.807, 2.05) is 0 Å². The first-order chi connectivity index (χ1) is 12.1. The van der Waals surface area contributed by atoms with Gasteiger partial charge in [0.1, 0.15) is 18.2 Å². The molecule has 1 aliphatic rings. The highest BCUT2D eigenvalue weighted by molar-refractivity contribution is 5.76. The monoisotopic (exact) mass is 347 g/mol. The van der Waals surface area contributed by atoms with Gasteiger partial charge in [-0.3, -0.25) is 0 Å². The molecule has 0 spiro atoms. The number of hydrogen-bond donors (Lipinski definition) is 1. The zero-order valence-corrected chi connectivity index (χ0v) is 13.3. The second-order valence-electron chi connectivity index (χ2n) is 6.08. The number of nitrogens with one attached hydrogen (secondary N) is 1. The van der Waals surface area contributed by atoms with Gasteiger partial charge in [0.05, 0.1) is 23.7 Å². The molecule has 0 amide bonds. The molecule has 0 saturated carbocycles. The number of hydrogen-bond acceptors (Lipinski definition) is 3. The van der Waals surface area contributed by atoms with E-state index < -0.39 is 11.6 Å². The van der Waals surface area contributed by atoms with Crippen molar-refractivity contribution in [3.8, 4) is 0 Å². The molecule has 2 heterocycles. The van der Waals surface area contributed by atoms with Crippen LogP contribution in [0.2, 0.25) is 0 Å². The van der Waals surface area contributed by atoms with Crippen LogP contribution in [-0.2, 0) is 17.9 Å². The molecule has 130 valence electrons. The normalized spacial score (nSPS) is 17.0. The van der Waals surface area contributed by atoms with Gasteiger partial charge in [-0.25, -0.2) is 18.2 Å². The molecule has 7 heteroatoms. The molecule has 3 aromatic rings. The van der Waals surface area contributed by atoms with Crippen LogP contribution in [0, 0.1) is 17.5 Å². The lowest BCUT2D eigenvalue weighted by Crippen LogP contribution is -2.32. The van der Waals surface area contributed by atoms with E-state index in [0.717, 1.165) is 17.4 Å². The average Bonchev–Trinajstić information content (AvgIpc) is 2.96. The highest BCUT2D eigenvalue weighted by Gasteiger charge is 2.23. The van der Waals surface area contributed by atoms with Gasteiger partial charge in [-0.2, -0.15) is 0 Å². The Kier molecular flexibility index (Phi) is 4.19. The van der Waals surface area contributed by atoms with Crippen LogP contribution in [0.5, 0.6) is 0 Å². The van der Waals surface area contributed by atoms with Gasteiger partial charge in [0.15, 0.2) is 11.6 Å². The summed E-state index contributed by atoms with van der Waals surface area (Å²) in [6.07, 6.45) is 0. The summed E-state index contributed by atoms with van der Waals surface area (Å²) >= 11 is 0. The molecule has 0 bridgehead atoms. The number of halogens is 3. The summed E-state index contributed by atoms with van der Waals surface area (Å²) < 4.78 is 47.3. The highest BCUT2D eigenvalue weighted by atomic mass is 19.2. The Morgan fingerprint density at radius 3 is 2.84 bits per heavy atom. The predicted octanol–water partition coefficient (Wildman–Crippen LogP) is 3.31. The Morgan fingerprint density at radius 2 is 2.00 bits per heavy atom. The molecule has 0 unspecified atom stereocenters. The van der Waals surface area contributed by atoms with E-state index in [1.54, 1.807) is 12.1 Å². The number of ether oxygens (including phenoxy) is 1. The summed E-state index contributed by atoms with van der Waals surface area (Å²) in [6, 6.07) is 8.38. The van der Waals surface area contributed by atoms with Gasteiger partial charge < -0.3 is 14.6 Å². The van der Waals surface area contributed by atoms with Gasteiger partial charge >= 0.3 is 0 Å². The lowest BCUT2D eigenvalue weighted by Gasteiger charge is -2.26. The van der Waals surface area contributed by atoms with Crippen molar-refractivity contribution in [1.29, 1.82) is 0 Å². The first-order valence-corrected chi connectivity index (χ1v) is 8.00. The van der Waals surface area contributed by atoms with Crippen LogP contribution >= 0.6 is 0 Å². The molecule has 1 aliphatic heterocycles. The van der Waals surface area contributed by atoms with E-state index in [0.29, 0.717) is 37.4 Å². The van der Waals surface area contributed by atoms with E-state index in [2.05, 4.69) is 14.9 Å². The fourth-order valence-corrected chi connectivity index (χ4v) is 3.17. The Morgan fingerprint density at radius 1 is 1.12 bits per heavy atom. The molecule has 0 fully saturated rings. The van der Waals surface area contributed by atoms with Crippen molar-refractivity contribution < 1.29 is 17.9 Å². The van der Waals surface area contributed by atoms with Crippen LogP contribution in [0.1, 0.15) is 17.4 Å². The Balaban J connectivity index is 1.51. The van der Waals surface area contributed by atoms with Crippen LogP contribution < -0.4 is 5.32 Å². The summed E-state index contributed by atoms with van der Waals surface area (Å²) in [5.74, 6) is -1.28. The SMILES string of the molecule is Fc1ccc2c(c1)nc1n2[C@@H](CNCc2ccc(F)c(F)c2)COC1. The molecular formula is C18H16F3N3O. The second kappa shape index (κ2) is 6.50. The fraction of sp³-hybridized carbons (Fsp3) is 0.278. The van der Waals surface area contributed by atoms with Crippen LogP contribution in [0.3, 0.4) is 0 Å². The largest absolute Gasteiger partial charge is 0.371 e. The van der Waals surface area contributed by atoms with Gasteiger partial charge in [0.25, 0.3) is 0 Å². The van der Waals surface area contributed by atoms with Crippen molar-refractivity contribution >= 4 is 11.0 Å². The Labute approximate surface area is 142 Å². The molecule has 4 rings (SSSR count). The fourth-order valence-electron chi connectivity index (χ4n) is 3.17. The van der Waals surface area contributed by atoms with E-state index in [1.165, 1.54) is 18.2 Å². The van der Waals surface area contributed by atoms with Crippen molar-refractivity contribution in [2.45, 2.75) is 19.2 Å². The standard InChI is InChI=1S/C18H16F3N3O/c19-12-2-4-17-16(6-12)23-18-10-25-9-13(24(17)18)8-22-7-11-1-3-14(20)15(21)5-11/h1-6,13,22H,7-10H2/t13-/m0/s1. The molecule has 1 N–H and O–H groups in total. The third kappa shape index (κ3) is 3.12. The predicted molar refractivity (Wildman–Crippen MR) is 86.4 cm³/mol. The first-order valence-electron chi connectivity index (χ1n) is 8.00. The number of nitrogens with zero attached hydrogens (tertiary/aromatic N) is 2. The zero-order valence-electron chi connectivity index (χ0n) is 13.3. The summed E-state index contributed by atoms with van der Waals surface area (Å²) in [4.78, 5) is 4.43. The minimum atomic E-state index is -0.856. The molecule has 4 nitrogen and oxygen atoms in total. The third-order valence-electron chi connectivity index (χ3n) is 4.32. The maximum absolute atomic E-state index is 13.4. The minimum absolute atomic E-state index is 0.00972. The number of fused-ring (bicyclic) bond motifs is 3. The zero-order chi connectivity index (χ0) is 17.4. The number of benzene rings is 2. The van der Waals surface area contributed by atoms with E-state index in [-0.39, 0.29) is 11.9 Å². The molecule has 0 saturated heterocycles. The van der Waals surface area contributed by atoms with Crippen molar-refractivity contribution in [3.05, 3.63) is 65.2 Å². The van der Waals surface area contributed by atoms with Crippen molar-refractivity contribution in [2.24, 2.45) is 0 Å². The van der Waals surface area contributed by atoms with Gasteiger partial charge in [0.2, 0.25) is 0 Å². The molecule has 25 heavy (non-hydrogen) atoms. The van der Waals surface area contributed by atoms with E-state index in [4.69, 9.17) is 4.74 Å². The quantitative estimate of drug-likeness (QED) is 0.787. The van der Waals surface area contributed by atoms with E-state index >= 15 is 0 Å². The summed E-state index contributed by atoms with van der Waals surface area (Å²) in [5.41, 5.74) is 2.12. The Hall–Kier alpha value is -2.38. The molecular weight excluding hydrogens is 331 g/mol. The second-order valence-corrected chi connectivity index (χ2v) is 6.08.